The van der Waals surface area contributed by atoms with E-state index in [2.05, 4.69) is 0 Å². The molecular weight excluding hydrogens is 343 g/mol. The SMILES string of the molecule is O=C([C@@H](Oc1cc(F)ccc1[N+](=O)[O-])c1ccccc1)N1CCOCC1. The van der Waals surface area contributed by atoms with Gasteiger partial charge >= 0.3 is 5.69 Å². The molecule has 26 heavy (non-hydrogen) atoms. The molecule has 0 aliphatic carbocycles. The third kappa shape index (κ3) is 3.97. The van der Waals surface area contributed by atoms with Crippen LogP contribution in [0, 0.1) is 15.9 Å². The van der Waals surface area contributed by atoms with Gasteiger partial charge in [0.1, 0.15) is 5.82 Å². The maximum absolute atomic E-state index is 13.6. The highest BCUT2D eigenvalue weighted by Gasteiger charge is 2.31. The van der Waals surface area contributed by atoms with Crippen LogP contribution in [0.3, 0.4) is 0 Å². The number of rotatable bonds is 5. The minimum Gasteiger partial charge on any atom is -0.468 e. The fourth-order valence-corrected chi connectivity index (χ4v) is 2.70. The summed E-state index contributed by atoms with van der Waals surface area (Å²) in [6, 6.07) is 11.5. The number of amides is 1. The predicted molar refractivity (Wildman–Crippen MR) is 90.3 cm³/mol. The molecule has 2 aromatic rings. The van der Waals surface area contributed by atoms with E-state index in [1.165, 1.54) is 0 Å². The van der Waals surface area contributed by atoms with Crippen LogP contribution >= 0.6 is 0 Å². The highest BCUT2D eigenvalue weighted by Crippen LogP contribution is 2.32. The third-order valence-corrected chi connectivity index (χ3v) is 4.01. The minimum atomic E-state index is -1.12. The third-order valence-electron chi connectivity index (χ3n) is 4.01. The molecule has 136 valence electrons. The van der Waals surface area contributed by atoms with E-state index in [1.807, 2.05) is 0 Å². The molecule has 3 rings (SSSR count). The van der Waals surface area contributed by atoms with Crippen molar-refractivity contribution in [3.8, 4) is 5.75 Å². The van der Waals surface area contributed by atoms with E-state index in [-0.39, 0.29) is 11.7 Å². The first kappa shape index (κ1) is 17.8. The molecule has 1 fully saturated rings. The summed E-state index contributed by atoms with van der Waals surface area (Å²) >= 11 is 0. The zero-order valence-corrected chi connectivity index (χ0v) is 13.8. The fourth-order valence-electron chi connectivity index (χ4n) is 2.70. The molecule has 8 heteroatoms. The lowest BCUT2D eigenvalue weighted by Crippen LogP contribution is -2.44. The van der Waals surface area contributed by atoms with Crippen LogP contribution in [0.1, 0.15) is 11.7 Å². The molecule has 1 aliphatic heterocycles. The Morgan fingerprint density at radius 2 is 1.88 bits per heavy atom. The standard InChI is InChI=1S/C18H17FN2O5/c19-14-6-7-15(21(23)24)16(12-14)26-17(13-4-2-1-3-5-13)18(22)20-8-10-25-11-9-20/h1-7,12,17H,8-11H2/t17-/m0/s1. The maximum atomic E-state index is 13.6. The molecule has 0 unspecified atom stereocenters. The number of hydrogen-bond donors (Lipinski definition) is 0. The summed E-state index contributed by atoms with van der Waals surface area (Å²) in [5, 5.41) is 11.2. The zero-order valence-electron chi connectivity index (χ0n) is 13.8. The van der Waals surface area contributed by atoms with E-state index < -0.39 is 22.5 Å². The molecule has 0 aromatic heterocycles. The molecule has 1 aliphatic rings. The van der Waals surface area contributed by atoms with Gasteiger partial charge in [-0.15, -0.1) is 0 Å². The molecule has 1 atom stereocenters. The van der Waals surface area contributed by atoms with Gasteiger partial charge in [0.25, 0.3) is 5.91 Å². The highest BCUT2D eigenvalue weighted by molar-refractivity contribution is 5.83. The van der Waals surface area contributed by atoms with E-state index in [9.17, 15) is 19.3 Å². The Morgan fingerprint density at radius 3 is 2.54 bits per heavy atom. The Hall–Kier alpha value is -3.00. The number of halogens is 1. The summed E-state index contributed by atoms with van der Waals surface area (Å²) in [5.41, 5.74) is 0.129. The number of carbonyl (C=O) groups is 1. The van der Waals surface area contributed by atoms with Gasteiger partial charge in [0, 0.05) is 30.8 Å². The zero-order chi connectivity index (χ0) is 18.5. The lowest BCUT2D eigenvalue weighted by molar-refractivity contribution is -0.386. The summed E-state index contributed by atoms with van der Waals surface area (Å²) in [5.74, 6) is -1.32. The first-order valence-electron chi connectivity index (χ1n) is 8.08. The van der Waals surface area contributed by atoms with Gasteiger partial charge in [0.15, 0.2) is 0 Å². The monoisotopic (exact) mass is 360 g/mol. The second-order valence-corrected chi connectivity index (χ2v) is 5.72. The van der Waals surface area contributed by atoms with Crippen LogP contribution in [0.5, 0.6) is 5.75 Å². The van der Waals surface area contributed by atoms with Crippen molar-refractivity contribution >= 4 is 11.6 Å². The van der Waals surface area contributed by atoms with E-state index in [4.69, 9.17) is 9.47 Å². The number of carbonyl (C=O) groups excluding carboxylic acids is 1. The van der Waals surface area contributed by atoms with Crippen molar-refractivity contribution < 1.29 is 23.6 Å². The Balaban J connectivity index is 1.95. The van der Waals surface area contributed by atoms with Gasteiger partial charge in [-0.25, -0.2) is 4.39 Å². The molecule has 0 radical (unpaired) electrons. The number of morpholine rings is 1. The molecule has 2 aromatic carbocycles. The molecule has 0 N–H and O–H groups in total. The van der Waals surface area contributed by atoms with Crippen molar-refractivity contribution in [2.24, 2.45) is 0 Å². The van der Waals surface area contributed by atoms with Gasteiger partial charge in [0.05, 0.1) is 18.1 Å². The Labute approximate surface area is 149 Å². The number of nitro groups is 1. The smallest absolute Gasteiger partial charge is 0.311 e. The van der Waals surface area contributed by atoms with Gasteiger partial charge < -0.3 is 14.4 Å². The summed E-state index contributed by atoms with van der Waals surface area (Å²) in [7, 11) is 0. The largest absolute Gasteiger partial charge is 0.468 e. The molecule has 0 bridgehead atoms. The average molecular weight is 360 g/mol. The van der Waals surface area contributed by atoms with Crippen LogP contribution in [-0.4, -0.2) is 42.0 Å². The number of nitrogens with zero attached hydrogens (tertiary/aromatic N) is 2. The van der Waals surface area contributed by atoms with E-state index in [1.54, 1.807) is 35.2 Å². The molecule has 0 spiro atoms. The van der Waals surface area contributed by atoms with Crippen molar-refractivity contribution in [1.82, 2.24) is 4.90 Å². The van der Waals surface area contributed by atoms with Gasteiger partial charge in [-0.05, 0) is 6.07 Å². The number of ether oxygens (including phenoxy) is 2. The van der Waals surface area contributed by atoms with Crippen molar-refractivity contribution in [2.75, 3.05) is 26.3 Å². The van der Waals surface area contributed by atoms with Crippen molar-refractivity contribution in [3.05, 3.63) is 70.0 Å². The summed E-state index contributed by atoms with van der Waals surface area (Å²) in [6.07, 6.45) is -1.12. The summed E-state index contributed by atoms with van der Waals surface area (Å²) in [6.45, 7) is 1.62. The molecule has 0 saturated carbocycles. The van der Waals surface area contributed by atoms with E-state index in [0.29, 0.717) is 31.9 Å². The van der Waals surface area contributed by atoms with Gasteiger partial charge in [-0.1, -0.05) is 30.3 Å². The van der Waals surface area contributed by atoms with Gasteiger partial charge in [-0.3, -0.25) is 14.9 Å². The Morgan fingerprint density at radius 1 is 1.19 bits per heavy atom. The van der Waals surface area contributed by atoms with Crippen LogP contribution in [0.2, 0.25) is 0 Å². The lowest BCUT2D eigenvalue weighted by Gasteiger charge is -2.30. The van der Waals surface area contributed by atoms with Crippen LogP contribution in [0.25, 0.3) is 0 Å². The molecule has 1 heterocycles. The topological polar surface area (TPSA) is 81.9 Å². The Kier molecular flexibility index (Phi) is 5.43. The van der Waals surface area contributed by atoms with Crippen molar-refractivity contribution in [3.63, 3.8) is 0 Å². The summed E-state index contributed by atoms with van der Waals surface area (Å²) < 4.78 is 24.5. The van der Waals surface area contributed by atoms with Crippen molar-refractivity contribution in [2.45, 2.75) is 6.10 Å². The summed E-state index contributed by atoms with van der Waals surface area (Å²) in [4.78, 5) is 25.1. The normalized spacial score (nSPS) is 15.3. The maximum Gasteiger partial charge on any atom is 0.311 e. The second kappa shape index (κ2) is 7.92. The average Bonchev–Trinajstić information content (AvgIpc) is 2.67. The first-order valence-corrected chi connectivity index (χ1v) is 8.08. The number of benzene rings is 2. The first-order chi connectivity index (χ1) is 12.6. The van der Waals surface area contributed by atoms with Crippen molar-refractivity contribution in [1.29, 1.82) is 0 Å². The number of nitro benzene ring substituents is 1. The minimum absolute atomic E-state index is 0.287. The van der Waals surface area contributed by atoms with Gasteiger partial charge in [0.2, 0.25) is 11.9 Å². The van der Waals surface area contributed by atoms with Crippen LogP contribution in [0.4, 0.5) is 10.1 Å². The van der Waals surface area contributed by atoms with Crippen LogP contribution in [-0.2, 0) is 9.53 Å². The second-order valence-electron chi connectivity index (χ2n) is 5.72. The molecule has 1 amide bonds. The molecular formula is C18H17FN2O5. The van der Waals surface area contributed by atoms with E-state index >= 15 is 0 Å². The fraction of sp³-hybridized carbons (Fsp3) is 0.278. The lowest BCUT2D eigenvalue weighted by atomic mass is 10.1. The van der Waals surface area contributed by atoms with Crippen LogP contribution in [0.15, 0.2) is 48.5 Å². The Bertz CT molecular complexity index is 793. The molecule has 7 nitrogen and oxygen atoms in total. The number of hydrogen-bond acceptors (Lipinski definition) is 5. The highest BCUT2D eigenvalue weighted by atomic mass is 19.1. The van der Waals surface area contributed by atoms with Crippen LogP contribution < -0.4 is 4.74 Å². The quantitative estimate of drug-likeness (QED) is 0.605. The molecule has 1 saturated heterocycles. The van der Waals surface area contributed by atoms with Gasteiger partial charge in [-0.2, -0.15) is 0 Å². The predicted octanol–water partition coefficient (Wildman–Crippen LogP) is 2.71. The van der Waals surface area contributed by atoms with E-state index in [0.717, 1.165) is 18.2 Å².